The summed E-state index contributed by atoms with van der Waals surface area (Å²) in [6.07, 6.45) is 0.747. The minimum Gasteiger partial charge on any atom is -0.497 e. The molecule has 4 amide bonds. The predicted octanol–water partition coefficient (Wildman–Crippen LogP) is 6.09. The standard InChI is InChI=1S/C47H58N6O10S/c1-11-30-24-47(30,42(56)52-64(58,59)46(19-20-46)25-34-27(2)51-63-28(34)3)50-40(54)37-22-32(26-53(37)41(55)39(44(4,5)6)49-43(57)62-45(7,8)9)61-38-23-35(29-15-13-12-14-16-29)48-36-21-31(60-10)17-18-33(36)38/h11-18,21,23,30,32,37,39H,1,19-20,22,24-26H2,2-10H3,(H,49,57)(H,50,54)(H,52,56). The number of hydrogen-bond donors (Lipinski definition) is 3. The summed E-state index contributed by atoms with van der Waals surface area (Å²) in [6.45, 7) is 17.7. The number of aromatic nitrogens is 2. The highest BCUT2D eigenvalue weighted by Gasteiger charge is 2.64. The molecule has 0 spiro atoms. The first kappa shape index (κ1) is 46.0. The quantitative estimate of drug-likeness (QED) is 0.123. The van der Waals surface area contributed by atoms with Crippen molar-refractivity contribution >= 4 is 44.7 Å². The van der Waals surface area contributed by atoms with Gasteiger partial charge in [-0.25, -0.2) is 18.2 Å². The van der Waals surface area contributed by atoms with Gasteiger partial charge in [-0.15, -0.1) is 6.58 Å². The molecule has 2 aromatic carbocycles. The maximum Gasteiger partial charge on any atom is 0.408 e. The van der Waals surface area contributed by atoms with Crippen LogP contribution >= 0.6 is 0 Å². The molecule has 0 bridgehead atoms. The summed E-state index contributed by atoms with van der Waals surface area (Å²) in [5.74, 6) is -1.23. The highest BCUT2D eigenvalue weighted by Crippen LogP contribution is 2.49. The van der Waals surface area contributed by atoms with E-state index in [9.17, 15) is 27.6 Å². The van der Waals surface area contributed by atoms with Crippen LogP contribution in [0.4, 0.5) is 4.79 Å². The van der Waals surface area contributed by atoms with Crippen LogP contribution in [0.25, 0.3) is 22.2 Å². The number of nitrogens with zero attached hydrogens (tertiary/aromatic N) is 3. The number of nitrogens with one attached hydrogen (secondary N) is 3. The van der Waals surface area contributed by atoms with Crippen LogP contribution in [0.2, 0.25) is 0 Å². The fourth-order valence-electron chi connectivity index (χ4n) is 8.37. The molecule has 342 valence electrons. The van der Waals surface area contributed by atoms with Gasteiger partial charge >= 0.3 is 6.09 Å². The number of aryl methyl sites for hydroxylation is 2. The number of carbonyl (C=O) groups is 4. The second-order valence-corrected chi connectivity index (χ2v) is 21.4. The van der Waals surface area contributed by atoms with Crippen LogP contribution in [0.1, 0.15) is 84.2 Å². The molecule has 1 aliphatic heterocycles. The Bertz CT molecular complexity index is 2580. The molecule has 2 aliphatic carbocycles. The van der Waals surface area contributed by atoms with Crippen LogP contribution in [0, 0.1) is 25.2 Å². The van der Waals surface area contributed by atoms with Gasteiger partial charge in [0.05, 0.1) is 35.3 Å². The van der Waals surface area contributed by atoms with Crippen LogP contribution in [-0.2, 0) is 35.6 Å². The Morgan fingerprint density at radius 1 is 1.03 bits per heavy atom. The van der Waals surface area contributed by atoms with Gasteiger partial charge in [-0.1, -0.05) is 62.3 Å². The van der Waals surface area contributed by atoms with Crippen LogP contribution in [0.15, 0.2) is 71.8 Å². The largest absolute Gasteiger partial charge is 0.497 e. The van der Waals surface area contributed by atoms with Gasteiger partial charge in [-0.2, -0.15) is 0 Å². The first-order chi connectivity index (χ1) is 30.0. The maximum atomic E-state index is 14.9. The van der Waals surface area contributed by atoms with Gasteiger partial charge < -0.3 is 34.3 Å². The normalized spacial score (nSPS) is 22.0. The molecular weight excluding hydrogens is 841 g/mol. The van der Waals surface area contributed by atoms with E-state index in [1.54, 1.807) is 74.6 Å². The molecule has 5 unspecified atom stereocenters. The molecule has 4 aromatic rings. The van der Waals surface area contributed by atoms with Gasteiger partial charge in [0.15, 0.2) is 0 Å². The molecule has 3 aliphatic rings. The van der Waals surface area contributed by atoms with E-state index in [0.717, 1.165) is 5.56 Å². The average molecular weight is 899 g/mol. The van der Waals surface area contributed by atoms with Crippen LogP contribution < -0.4 is 24.8 Å². The highest BCUT2D eigenvalue weighted by molar-refractivity contribution is 7.91. The average Bonchev–Trinajstić information content (AvgIpc) is 4.10. The smallest absolute Gasteiger partial charge is 0.408 e. The van der Waals surface area contributed by atoms with Crippen molar-refractivity contribution in [2.24, 2.45) is 11.3 Å². The Labute approximate surface area is 373 Å². The minimum absolute atomic E-state index is 0.0170. The number of rotatable bonds is 14. The van der Waals surface area contributed by atoms with Gasteiger partial charge in [0.2, 0.25) is 21.8 Å². The highest BCUT2D eigenvalue weighted by atomic mass is 32.2. The minimum atomic E-state index is -4.26. The lowest BCUT2D eigenvalue weighted by molar-refractivity contribution is -0.143. The van der Waals surface area contributed by atoms with Gasteiger partial charge in [-0.05, 0) is 77.8 Å². The lowest BCUT2D eigenvalue weighted by atomic mass is 9.85. The van der Waals surface area contributed by atoms with E-state index in [0.29, 0.717) is 58.0 Å². The van der Waals surface area contributed by atoms with Gasteiger partial charge in [0.25, 0.3) is 5.91 Å². The van der Waals surface area contributed by atoms with Crippen molar-refractivity contribution < 1.29 is 46.3 Å². The number of alkyl carbamates (subject to hydrolysis) is 1. The second kappa shape index (κ2) is 16.9. The molecule has 16 nitrogen and oxygen atoms in total. The Kier molecular flexibility index (Phi) is 12.1. The molecule has 3 heterocycles. The lowest BCUT2D eigenvalue weighted by Crippen LogP contribution is -2.60. The zero-order chi connectivity index (χ0) is 46.6. The third kappa shape index (κ3) is 9.31. The fourth-order valence-corrected chi connectivity index (χ4v) is 9.98. The second-order valence-electron chi connectivity index (χ2n) is 19.3. The lowest BCUT2D eigenvalue weighted by Gasteiger charge is -2.36. The number of sulfonamides is 1. The van der Waals surface area contributed by atoms with E-state index in [-0.39, 0.29) is 25.8 Å². The fraction of sp³-hybridized carbons (Fsp3) is 0.489. The summed E-state index contributed by atoms with van der Waals surface area (Å²) in [4.78, 5) is 63.3. The molecule has 0 radical (unpaired) electrons. The number of benzene rings is 2. The van der Waals surface area contributed by atoms with Crippen LogP contribution in [0.3, 0.4) is 0 Å². The van der Waals surface area contributed by atoms with Gasteiger partial charge in [0.1, 0.15) is 46.6 Å². The monoisotopic (exact) mass is 898 g/mol. The van der Waals surface area contributed by atoms with E-state index in [1.807, 2.05) is 42.5 Å². The Balaban J connectivity index is 1.20. The van der Waals surface area contributed by atoms with E-state index >= 15 is 0 Å². The number of methoxy groups -OCH3 is 1. The van der Waals surface area contributed by atoms with Crippen molar-refractivity contribution in [3.63, 3.8) is 0 Å². The summed E-state index contributed by atoms with van der Waals surface area (Å²) in [6, 6.07) is 14.4. The van der Waals surface area contributed by atoms with Crippen molar-refractivity contribution in [2.45, 2.75) is 122 Å². The van der Waals surface area contributed by atoms with Crippen molar-refractivity contribution in [2.75, 3.05) is 13.7 Å². The number of likely N-dealkylation sites (tertiary alicyclic amines) is 1. The third-order valence-electron chi connectivity index (χ3n) is 12.3. The van der Waals surface area contributed by atoms with Crippen molar-refractivity contribution in [1.82, 2.24) is 30.4 Å². The number of ether oxygens (including phenoxy) is 3. The molecule has 17 heteroatoms. The number of pyridine rings is 1. The summed E-state index contributed by atoms with van der Waals surface area (Å²) >= 11 is 0. The van der Waals surface area contributed by atoms with Crippen molar-refractivity contribution in [3.8, 4) is 22.8 Å². The Morgan fingerprint density at radius 2 is 1.73 bits per heavy atom. The van der Waals surface area contributed by atoms with Crippen molar-refractivity contribution in [3.05, 3.63) is 84.3 Å². The van der Waals surface area contributed by atoms with Crippen LogP contribution in [0.5, 0.6) is 11.5 Å². The molecular formula is C47H58N6O10S. The molecule has 3 N–H and O–H groups in total. The molecule has 5 atom stereocenters. The third-order valence-corrected chi connectivity index (χ3v) is 14.4. The summed E-state index contributed by atoms with van der Waals surface area (Å²) in [7, 11) is -2.69. The Hall–Kier alpha value is -5.97. The van der Waals surface area contributed by atoms with E-state index in [1.165, 1.54) is 11.0 Å². The number of fused-ring (bicyclic) bond motifs is 1. The number of carbonyl (C=O) groups excluding carboxylic acids is 4. The molecule has 2 aromatic heterocycles. The molecule has 7 rings (SSSR count). The van der Waals surface area contributed by atoms with Gasteiger partial charge in [0, 0.05) is 41.0 Å². The summed E-state index contributed by atoms with van der Waals surface area (Å²) in [5.41, 5.74) is -0.0887. The summed E-state index contributed by atoms with van der Waals surface area (Å²) < 4.78 is 52.1. The molecule has 2 saturated carbocycles. The molecule has 3 fully saturated rings. The molecule has 64 heavy (non-hydrogen) atoms. The van der Waals surface area contributed by atoms with E-state index in [2.05, 4.69) is 27.1 Å². The molecule has 1 saturated heterocycles. The number of amides is 4. The first-order valence-corrected chi connectivity index (χ1v) is 22.9. The van der Waals surface area contributed by atoms with Crippen LogP contribution in [-0.4, -0.2) is 95.0 Å². The summed E-state index contributed by atoms with van der Waals surface area (Å²) in [5, 5.41) is 10.2. The number of hydrogen-bond acceptors (Lipinski definition) is 12. The predicted molar refractivity (Wildman–Crippen MR) is 239 cm³/mol. The first-order valence-electron chi connectivity index (χ1n) is 21.4. The van der Waals surface area contributed by atoms with E-state index in [4.69, 9.17) is 23.7 Å². The van der Waals surface area contributed by atoms with Gasteiger partial charge in [-0.3, -0.25) is 19.1 Å². The van der Waals surface area contributed by atoms with E-state index < -0.39 is 79.2 Å². The zero-order valence-electron chi connectivity index (χ0n) is 37.9. The zero-order valence-corrected chi connectivity index (χ0v) is 38.7. The topological polar surface area (TPSA) is 208 Å². The maximum absolute atomic E-state index is 14.9. The Morgan fingerprint density at radius 3 is 2.31 bits per heavy atom. The SMILES string of the molecule is C=CC1CC1(NC(=O)C1CC(Oc2cc(-c3ccccc3)nc3cc(OC)ccc23)CN1C(=O)C(NC(=O)OC(C)(C)C)C(C)(C)C)C(=O)NS(=O)(=O)C1(Cc2c(C)noc2C)CC1. The van der Waals surface area contributed by atoms with Crippen molar-refractivity contribution in [1.29, 1.82) is 0 Å².